The molecule has 1 aromatic carbocycles. The highest BCUT2D eigenvalue weighted by Crippen LogP contribution is 2.29. The molecule has 0 bridgehead atoms. The van der Waals surface area contributed by atoms with Gasteiger partial charge in [0, 0.05) is 17.1 Å². The van der Waals surface area contributed by atoms with Gasteiger partial charge in [-0.3, -0.25) is 4.68 Å². The average molecular weight is 359 g/mol. The standard InChI is InChI=1S/C16H15ClN6S/c1-3-8-22-13(9-10(2)20-22)15-21-23-14(18-19-16(23)24-15)11-4-6-12(17)7-5-11/h4-7,9H,3,8H2,1-2H3. The van der Waals surface area contributed by atoms with E-state index < -0.39 is 0 Å². The molecule has 3 heterocycles. The first-order valence-corrected chi connectivity index (χ1v) is 8.88. The Hall–Kier alpha value is -2.25. The molecule has 4 rings (SSSR count). The molecule has 0 saturated heterocycles. The van der Waals surface area contributed by atoms with Crippen molar-refractivity contribution in [2.75, 3.05) is 0 Å². The van der Waals surface area contributed by atoms with Crippen LogP contribution in [0, 0.1) is 6.92 Å². The number of benzene rings is 1. The van der Waals surface area contributed by atoms with Crippen molar-refractivity contribution in [1.29, 1.82) is 0 Å². The molecule has 24 heavy (non-hydrogen) atoms. The summed E-state index contributed by atoms with van der Waals surface area (Å²) in [6.45, 7) is 5.00. The van der Waals surface area contributed by atoms with E-state index in [1.54, 1.807) is 4.52 Å². The summed E-state index contributed by atoms with van der Waals surface area (Å²) < 4.78 is 3.78. The summed E-state index contributed by atoms with van der Waals surface area (Å²) in [4.78, 5) is 0.761. The van der Waals surface area contributed by atoms with Crippen molar-refractivity contribution < 1.29 is 0 Å². The van der Waals surface area contributed by atoms with Crippen LogP contribution in [0.3, 0.4) is 0 Å². The van der Waals surface area contributed by atoms with E-state index in [-0.39, 0.29) is 0 Å². The molecule has 0 amide bonds. The SMILES string of the molecule is CCCn1nc(C)cc1-c1nn2c(-c3ccc(Cl)cc3)nnc2s1. The van der Waals surface area contributed by atoms with Gasteiger partial charge in [-0.15, -0.1) is 10.2 Å². The Kier molecular flexibility index (Phi) is 3.82. The van der Waals surface area contributed by atoms with Crippen LogP contribution in [0.1, 0.15) is 19.0 Å². The van der Waals surface area contributed by atoms with Crippen LogP contribution in [-0.4, -0.2) is 29.6 Å². The first-order chi connectivity index (χ1) is 11.7. The highest BCUT2D eigenvalue weighted by atomic mass is 35.5. The van der Waals surface area contributed by atoms with E-state index in [2.05, 4.69) is 28.3 Å². The van der Waals surface area contributed by atoms with Crippen molar-refractivity contribution in [2.24, 2.45) is 0 Å². The van der Waals surface area contributed by atoms with E-state index in [1.165, 1.54) is 11.3 Å². The Labute approximate surface area is 147 Å². The van der Waals surface area contributed by atoms with Crippen molar-refractivity contribution >= 4 is 27.9 Å². The quantitative estimate of drug-likeness (QED) is 0.551. The molecule has 0 unspecified atom stereocenters. The molecule has 122 valence electrons. The molecule has 0 radical (unpaired) electrons. The van der Waals surface area contributed by atoms with Crippen molar-refractivity contribution in [2.45, 2.75) is 26.8 Å². The van der Waals surface area contributed by atoms with Gasteiger partial charge in [0.2, 0.25) is 4.96 Å². The molecule has 0 aliphatic rings. The number of aryl methyl sites for hydroxylation is 2. The van der Waals surface area contributed by atoms with Gasteiger partial charge in [0.05, 0.1) is 11.4 Å². The van der Waals surface area contributed by atoms with Crippen LogP contribution >= 0.6 is 22.9 Å². The maximum atomic E-state index is 5.96. The monoisotopic (exact) mass is 358 g/mol. The molecule has 0 fully saturated rings. The summed E-state index contributed by atoms with van der Waals surface area (Å²) in [6.07, 6.45) is 1.02. The van der Waals surface area contributed by atoms with Crippen molar-refractivity contribution in [1.82, 2.24) is 29.6 Å². The Morgan fingerprint density at radius 1 is 1.12 bits per heavy atom. The smallest absolute Gasteiger partial charge is 0.235 e. The van der Waals surface area contributed by atoms with Gasteiger partial charge < -0.3 is 0 Å². The second-order valence-corrected chi connectivity index (χ2v) is 6.92. The fourth-order valence-corrected chi connectivity index (χ4v) is 3.59. The van der Waals surface area contributed by atoms with Gasteiger partial charge in [-0.2, -0.15) is 14.7 Å². The Balaban J connectivity index is 1.81. The lowest BCUT2D eigenvalue weighted by molar-refractivity contribution is 0.603. The van der Waals surface area contributed by atoms with Crippen LogP contribution in [0.4, 0.5) is 0 Å². The first-order valence-electron chi connectivity index (χ1n) is 7.68. The summed E-state index contributed by atoms with van der Waals surface area (Å²) >= 11 is 7.47. The molecule has 6 nitrogen and oxygen atoms in total. The van der Waals surface area contributed by atoms with E-state index in [0.29, 0.717) is 10.8 Å². The molecular formula is C16H15ClN6S. The summed E-state index contributed by atoms with van der Waals surface area (Å²) in [5, 5.41) is 19.3. The van der Waals surface area contributed by atoms with Crippen molar-refractivity contribution in [3.8, 4) is 22.1 Å². The molecular weight excluding hydrogens is 344 g/mol. The van der Waals surface area contributed by atoms with Gasteiger partial charge >= 0.3 is 0 Å². The molecule has 3 aromatic heterocycles. The minimum atomic E-state index is 0.692. The van der Waals surface area contributed by atoms with Gasteiger partial charge in [-0.05, 0) is 43.7 Å². The predicted octanol–water partition coefficient (Wildman–Crippen LogP) is 4.09. The Morgan fingerprint density at radius 3 is 2.67 bits per heavy atom. The third-order valence-electron chi connectivity index (χ3n) is 3.65. The number of aromatic nitrogens is 6. The molecule has 0 N–H and O–H groups in total. The second kappa shape index (κ2) is 5.99. The lowest BCUT2D eigenvalue weighted by Gasteiger charge is -2.02. The Morgan fingerprint density at radius 2 is 1.92 bits per heavy atom. The fourth-order valence-electron chi connectivity index (χ4n) is 2.60. The normalized spacial score (nSPS) is 11.5. The zero-order valence-corrected chi connectivity index (χ0v) is 14.8. The van der Waals surface area contributed by atoms with E-state index in [1.807, 2.05) is 35.9 Å². The summed E-state index contributed by atoms with van der Waals surface area (Å²) in [7, 11) is 0. The average Bonchev–Trinajstić information content (AvgIpc) is 3.22. The summed E-state index contributed by atoms with van der Waals surface area (Å²) in [5.74, 6) is 0.711. The maximum absolute atomic E-state index is 5.96. The van der Waals surface area contributed by atoms with Crippen LogP contribution in [0.15, 0.2) is 30.3 Å². The molecule has 0 aliphatic heterocycles. The molecule has 0 aliphatic carbocycles. The van der Waals surface area contributed by atoms with Crippen molar-refractivity contribution in [3.05, 3.63) is 41.0 Å². The molecule has 0 saturated carbocycles. The topological polar surface area (TPSA) is 60.9 Å². The highest BCUT2D eigenvalue weighted by Gasteiger charge is 2.17. The van der Waals surface area contributed by atoms with Gasteiger partial charge in [0.15, 0.2) is 10.8 Å². The van der Waals surface area contributed by atoms with Crippen LogP contribution in [0.25, 0.3) is 27.1 Å². The molecule has 0 atom stereocenters. The predicted molar refractivity (Wildman–Crippen MR) is 95.4 cm³/mol. The number of rotatable bonds is 4. The lowest BCUT2D eigenvalue weighted by Crippen LogP contribution is -2.01. The van der Waals surface area contributed by atoms with E-state index in [9.17, 15) is 0 Å². The summed E-state index contributed by atoms with van der Waals surface area (Å²) in [5.41, 5.74) is 2.94. The van der Waals surface area contributed by atoms with E-state index in [0.717, 1.165) is 39.9 Å². The highest BCUT2D eigenvalue weighted by molar-refractivity contribution is 7.19. The molecule has 4 aromatic rings. The first kappa shape index (κ1) is 15.3. The third-order valence-corrected chi connectivity index (χ3v) is 4.82. The van der Waals surface area contributed by atoms with E-state index >= 15 is 0 Å². The zero-order chi connectivity index (χ0) is 16.7. The number of nitrogens with zero attached hydrogens (tertiary/aromatic N) is 6. The van der Waals surface area contributed by atoms with Crippen molar-refractivity contribution in [3.63, 3.8) is 0 Å². The van der Waals surface area contributed by atoms with Gasteiger partial charge in [0.25, 0.3) is 0 Å². The van der Waals surface area contributed by atoms with Gasteiger partial charge in [-0.1, -0.05) is 29.9 Å². The fraction of sp³-hybridized carbons (Fsp3) is 0.250. The van der Waals surface area contributed by atoms with Crippen LogP contribution in [-0.2, 0) is 6.54 Å². The van der Waals surface area contributed by atoms with Gasteiger partial charge in [-0.25, -0.2) is 0 Å². The minimum Gasteiger partial charge on any atom is -0.262 e. The largest absolute Gasteiger partial charge is 0.262 e. The second-order valence-electron chi connectivity index (χ2n) is 5.53. The number of halogens is 1. The van der Waals surface area contributed by atoms with Crippen LogP contribution in [0.5, 0.6) is 0 Å². The summed E-state index contributed by atoms with van der Waals surface area (Å²) in [6, 6.07) is 9.58. The molecule has 0 spiro atoms. The number of hydrogen-bond donors (Lipinski definition) is 0. The van der Waals surface area contributed by atoms with Crippen LogP contribution in [0.2, 0.25) is 5.02 Å². The van der Waals surface area contributed by atoms with Crippen LogP contribution < -0.4 is 0 Å². The lowest BCUT2D eigenvalue weighted by atomic mass is 10.2. The molecule has 8 heteroatoms. The van der Waals surface area contributed by atoms with Gasteiger partial charge in [0.1, 0.15) is 0 Å². The third kappa shape index (κ3) is 2.59. The maximum Gasteiger partial charge on any atom is 0.235 e. The Bertz CT molecular complexity index is 998. The zero-order valence-electron chi connectivity index (χ0n) is 13.3. The number of fused-ring (bicyclic) bond motifs is 1. The van der Waals surface area contributed by atoms with E-state index in [4.69, 9.17) is 16.7 Å². The minimum absolute atomic E-state index is 0.692. The number of hydrogen-bond acceptors (Lipinski definition) is 5.